The van der Waals surface area contributed by atoms with Gasteiger partial charge in [0.2, 0.25) is 0 Å². The third-order valence-corrected chi connectivity index (χ3v) is 3.46. The summed E-state index contributed by atoms with van der Waals surface area (Å²) < 4.78 is 6.20. The van der Waals surface area contributed by atoms with Crippen LogP contribution in [0.5, 0.6) is 0 Å². The van der Waals surface area contributed by atoms with Gasteiger partial charge < -0.3 is 15.8 Å². The van der Waals surface area contributed by atoms with Crippen LogP contribution >= 0.6 is 15.9 Å². The normalized spacial score (nSPS) is 14.3. The second-order valence-corrected chi connectivity index (χ2v) is 5.77. The molecule has 102 valence electrons. The second-order valence-electron chi connectivity index (χ2n) is 4.85. The minimum Gasteiger partial charge on any atom is -0.382 e. The highest BCUT2D eigenvalue weighted by Gasteiger charge is 2.23. The zero-order chi connectivity index (χ0) is 13.9. The Balaban J connectivity index is 2.40. The SMILES string of the molecule is COCC(C)(CN)Nc1cccc2cc(Br)cnc12. The van der Waals surface area contributed by atoms with Crippen LogP contribution in [-0.2, 0) is 4.74 Å². The van der Waals surface area contributed by atoms with Crippen molar-refractivity contribution in [1.29, 1.82) is 0 Å². The van der Waals surface area contributed by atoms with E-state index in [1.165, 1.54) is 0 Å². The Kier molecular flexibility index (Phi) is 4.39. The van der Waals surface area contributed by atoms with E-state index < -0.39 is 0 Å². The predicted octanol–water partition coefficient (Wildman–Crippen LogP) is 2.77. The highest BCUT2D eigenvalue weighted by Crippen LogP contribution is 2.26. The lowest BCUT2D eigenvalue weighted by molar-refractivity contribution is 0.153. The van der Waals surface area contributed by atoms with E-state index in [1.54, 1.807) is 13.3 Å². The summed E-state index contributed by atoms with van der Waals surface area (Å²) in [5.74, 6) is 0. The van der Waals surface area contributed by atoms with Crippen LogP contribution in [0.25, 0.3) is 10.9 Å². The first-order valence-corrected chi connectivity index (χ1v) is 6.89. The number of fused-ring (bicyclic) bond motifs is 1. The number of aromatic nitrogens is 1. The fourth-order valence-electron chi connectivity index (χ4n) is 2.02. The van der Waals surface area contributed by atoms with Gasteiger partial charge >= 0.3 is 0 Å². The van der Waals surface area contributed by atoms with Gasteiger partial charge in [0, 0.05) is 29.7 Å². The quantitative estimate of drug-likeness (QED) is 0.888. The average molecular weight is 324 g/mol. The lowest BCUT2D eigenvalue weighted by Gasteiger charge is -2.30. The highest BCUT2D eigenvalue weighted by atomic mass is 79.9. The Morgan fingerprint density at radius 3 is 2.95 bits per heavy atom. The van der Waals surface area contributed by atoms with E-state index in [1.807, 2.05) is 31.2 Å². The number of hydrogen-bond acceptors (Lipinski definition) is 4. The van der Waals surface area contributed by atoms with Crippen LogP contribution in [0.4, 0.5) is 5.69 Å². The number of pyridine rings is 1. The molecule has 0 aliphatic carbocycles. The lowest BCUT2D eigenvalue weighted by atomic mass is 10.0. The molecular formula is C14H18BrN3O. The fourth-order valence-corrected chi connectivity index (χ4v) is 2.37. The van der Waals surface area contributed by atoms with Crippen molar-refractivity contribution in [2.45, 2.75) is 12.5 Å². The summed E-state index contributed by atoms with van der Waals surface area (Å²) in [6.07, 6.45) is 1.80. The molecular weight excluding hydrogens is 306 g/mol. The number of halogens is 1. The molecule has 0 fully saturated rings. The average Bonchev–Trinajstić information content (AvgIpc) is 2.39. The number of methoxy groups -OCH3 is 1. The molecule has 0 saturated heterocycles. The Morgan fingerprint density at radius 2 is 2.26 bits per heavy atom. The van der Waals surface area contributed by atoms with Gasteiger partial charge in [-0.1, -0.05) is 12.1 Å². The summed E-state index contributed by atoms with van der Waals surface area (Å²) in [6, 6.07) is 8.09. The minimum atomic E-state index is -0.308. The summed E-state index contributed by atoms with van der Waals surface area (Å²) in [5, 5.41) is 4.52. The highest BCUT2D eigenvalue weighted by molar-refractivity contribution is 9.10. The Morgan fingerprint density at radius 1 is 1.47 bits per heavy atom. The largest absolute Gasteiger partial charge is 0.382 e. The summed E-state index contributed by atoms with van der Waals surface area (Å²) in [5.41, 5.74) is 7.43. The van der Waals surface area contributed by atoms with E-state index in [0.29, 0.717) is 13.2 Å². The molecule has 0 aliphatic heterocycles. The first-order valence-electron chi connectivity index (χ1n) is 6.09. The summed E-state index contributed by atoms with van der Waals surface area (Å²) >= 11 is 3.43. The molecule has 0 aliphatic rings. The van der Waals surface area contributed by atoms with Gasteiger partial charge in [-0.25, -0.2) is 0 Å². The number of para-hydroxylation sites is 1. The number of ether oxygens (including phenoxy) is 1. The third-order valence-electron chi connectivity index (χ3n) is 3.03. The van der Waals surface area contributed by atoms with Crippen LogP contribution in [-0.4, -0.2) is 30.8 Å². The van der Waals surface area contributed by atoms with Crippen molar-refractivity contribution in [2.24, 2.45) is 5.73 Å². The second kappa shape index (κ2) is 5.86. The number of nitrogens with two attached hydrogens (primary N) is 1. The topological polar surface area (TPSA) is 60.2 Å². The molecule has 1 aromatic carbocycles. The number of hydrogen-bond donors (Lipinski definition) is 2. The van der Waals surface area contributed by atoms with E-state index in [9.17, 15) is 0 Å². The molecule has 0 saturated carbocycles. The van der Waals surface area contributed by atoms with E-state index in [4.69, 9.17) is 10.5 Å². The van der Waals surface area contributed by atoms with Crippen LogP contribution in [0.3, 0.4) is 0 Å². The molecule has 3 N–H and O–H groups in total. The molecule has 0 bridgehead atoms. The van der Waals surface area contributed by atoms with Crippen molar-refractivity contribution in [1.82, 2.24) is 4.98 Å². The van der Waals surface area contributed by atoms with E-state index in [-0.39, 0.29) is 5.54 Å². The smallest absolute Gasteiger partial charge is 0.0934 e. The zero-order valence-corrected chi connectivity index (χ0v) is 12.7. The maximum atomic E-state index is 5.84. The third kappa shape index (κ3) is 3.23. The number of anilines is 1. The molecule has 5 heteroatoms. The molecule has 2 rings (SSSR count). The predicted molar refractivity (Wildman–Crippen MR) is 82.4 cm³/mol. The maximum Gasteiger partial charge on any atom is 0.0934 e. The number of nitrogens with one attached hydrogen (secondary N) is 1. The molecule has 1 atom stereocenters. The minimum absolute atomic E-state index is 0.308. The molecule has 0 radical (unpaired) electrons. The van der Waals surface area contributed by atoms with Crippen molar-refractivity contribution < 1.29 is 4.74 Å². The van der Waals surface area contributed by atoms with Crippen LogP contribution in [0.1, 0.15) is 6.92 Å². The van der Waals surface area contributed by atoms with Crippen molar-refractivity contribution >= 4 is 32.5 Å². The van der Waals surface area contributed by atoms with Crippen LogP contribution in [0.15, 0.2) is 34.9 Å². The van der Waals surface area contributed by atoms with E-state index in [2.05, 4.69) is 26.2 Å². The Labute approximate surface area is 121 Å². The molecule has 2 aromatic rings. The Hall–Kier alpha value is -1.17. The van der Waals surface area contributed by atoms with Gasteiger partial charge in [-0.3, -0.25) is 4.98 Å². The van der Waals surface area contributed by atoms with E-state index in [0.717, 1.165) is 21.1 Å². The summed E-state index contributed by atoms with van der Waals surface area (Å²) in [7, 11) is 1.67. The maximum absolute atomic E-state index is 5.84. The summed E-state index contributed by atoms with van der Waals surface area (Å²) in [4.78, 5) is 4.47. The van der Waals surface area contributed by atoms with Gasteiger partial charge in [-0.05, 0) is 35.0 Å². The van der Waals surface area contributed by atoms with Crippen LogP contribution in [0, 0.1) is 0 Å². The van der Waals surface area contributed by atoms with Crippen molar-refractivity contribution in [3.63, 3.8) is 0 Å². The Bertz CT molecular complexity index is 576. The first-order chi connectivity index (χ1) is 9.08. The van der Waals surface area contributed by atoms with Crippen LogP contribution < -0.4 is 11.1 Å². The fraction of sp³-hybridized carbons (Fsp3) is 0.357. The van der Waals surface area contributed by atoms with Crippen molar-refractivity contribution in [2.75, 3.05) is 25.6 Å². The lowest BCUT2D eigenvalue weighted by Crippen LogP contribution is -2.46. The molecule has 1 aromatic heterocycles. The number of rotatable bonds is 5. The monoisotopic (exact) mass is 323 g/mol. The number of nitrogens with zero attached hydrogens (tertiary/aromatic N) is 1. The molecule has 4 nitrogen and oxygen atoms in total. The van der Waals surface area contributed by atoms with Gasteiger partial charge in [0.15, 0.2) is 0 Å². The van der Waals surface area contributed by atoms with Gasteiger partial charge in [-0.15, -0.1) is 0 Å². The van der Waals surface area contributed by atoms with Gasteiger partial charge in [-0.2, -0.15) is 0 Å². The zero-order valence-electron chi connectivity index (χ0n) is 11.1. The van der Waals surface area contributed by atoms with Gasteiger partial charge in [0.25, 0.3) is 0 Å². The molecule has 1 heterocycles. The first kappa shape index (κ1) is 14.2. The van der Waals surface area contributed by atoms with Gasteiger partial charge in [0.1, 0.15) is 0 Å². The number of benzene rings is 1. The van der Waals surface area contributed by atoms with Gasteiger partial charge in [0.05, 0.1) is 23.3 Å². The standard InChI is InChI=1S/C14H18BrN3O/c1-14(8-16,9-19-2)18-12-5-3-4-10-6-11(15)7-17-13(10)12/h3-7,18H,8-9,16H2,1-2H3. The van der Waals surface area contributed by atoms with E-state index >= 15 is 0 Å². The van der Waals surface area contributed by atoms with Crippen molar-refractivity contribution in [3.8, 4) is 0 Å². The summed E-state index contributed by atoms with van der Waals surface area (Å²) in [6.45, 7) is 3.05. The van der Waals surface area contributed by atoms with Crippen LogP contribution in [0.2, 0.25) is 0 Å². The molecule has 19 heavy (non-hydrogen) atoms. The molecule has 1 unspecified atom stereocenters. The molecule has 0 spiro atoms. The van der Waals surface area contributed by atoms with Crippen molar-refractivity contribution in [3.05, 3.63) is 34.9 Å². The molecule has 0 amide bonds.